The summed E-state index contributed by atoms with van der Waals surface area (Å²) >= 11 is 0. The lowest BCUT2D eigenvalue weighted by Gasteiger charge is -2.36. The van der Waals surface area contributed by atoms with Crippen LogP contribution in [0.2, 0.25) is 0 Å². The molecule has 5 heteroatoms. The average Bonchev–Trinajstić information content (AvgIpc) is 2.97. The second-order valence-electron chi connectivity index (χ2n) is 5.96. The molecule has 1 aliphatic heterocycles. The van der Waals surface area contributed by atoms with Gasteiger partial charge in [-0.05, 0) is 50.0 Å². The van der Waals surface area contributed by atoms with Crippen LogP contribution in [0.1, 0.15) is 55.4 Å². The molecule has 0 bridgehead atoms. The number of likely N-dealkylation sites (tertiary alicyclic amines) is 1. The van der Waals surface area contributed by atoms with E-state index in [1.165, 1.54) is 5.56 Å². The van der Waals surface area contributed by atoms with Gasteiger partial charge < -0.3 is 4.52 Å². The zero-order valence-corrected chi connectivity index (χ0v) is 13.1. The summed E-state index contributed by atoms with van der Waals surface area (Å²) in [4.78, 5) is 6.84. The van der Waals surface area contributed by atoms with Crippen molar-refractivity contribution in [3.8, 4) is 0 Å². The van der Waals surface area contributed by atoms with Crippen molar-refractivity contribution in [2.45, 2.75) is 45.1 Å². The van der Waals surface area contributed by atoms with E-state index in [1.54, 1.807) is 12.1 Å². The monoisotopic (exact) mass is 303 g/mol. The number of hydrogen-bond acceptors (Lipinski definition) is 4. The number of halogens is 1. The van der Waals surface area contributed by atoms with Crippen molar-refractivity contribution in [2.75, 3.05) is 13.1 Å². The van der Waals surface area contributed by atoms with Gasteiger partial charge in [-0.2, -0.15) is 4.98 Å². The minimum Gasteiger partial charge on any atom is -0.340 e. The fourth-order valence-corrected chi connectivity index (χ4v) is 3.34. The average molecular weight is 303 g/mol. The predicted octanol–water partition coefficient (Wildman–Crippen LogP) is 3.85. The van der Waals surface area contributed by atoms with Crippen molar-refractivity contribution >= 4 is 0 Å². The van der Waals surface area contributed by atoms with Crippen LogP contribution < -0.4 is 0 Å². The maximum absolute atomic E-state index is 13.1. The Hall–Kier alpha value is -1.75. The third kappa shape index (κ3) is 3.19. The molecule has 0 aliphatic carbocycles. The minimum atomic E-state index is -0.176. The van der Waals surface area contributed by atoms with E-state index in [4.69, 9.17) is 4.52 Å². The Morgan fingerprint density at radius 3 is 2.50 bits per heavy atom. The number of hydrogen-bond donors (Lipinski definition) is 0. The minimum absolute atomic E-state index is 0.176. The molecule has 4 nitrogen and oxygen atoms in total. The predicted molar refractivity (Wildman–Crippen MR) is 82.0 cm³/mol. The first-order valence-corrected chi connectivity index (χ1v) is 7.97. The lowest BCUT2D eigenvalue weighted by Crippen LogP contribution is -2.36. The smallest absolute Gasteiger partial charge is 0.223 e. The van der Waals surface area contributed by atoms with Crippen LogP contribution in [0.4, 0.5) is 4.39 Å². The van der Waals surface area contributed by atoms with Crippen LogP contribution >= 0.6 is 0 Å². The second-order valence-corrected chi connectivity index (χ2v) is 5.96. The van der Waals surface area contributed by atoms with Gasteiger partial charge in [0.25, 0.3) is 0 Å². The standard InChI is InChI=1S/C17H22FN3O/c1-3-16(13-4-6-15(18)7-5-13)21-10-8-14(9-11-21)17-19-12(2)22-20-17/h4-7,14,16H,3,8-11H2,1-2H3/t16-/m0/s1. The zero-order chi connectivity index (χ0) is 15.5. The molecule has 2 aromatic rings. The summed E-state index contributed by atoms with van der Waals surface area (Å²) in [6.45, 7) is 6.03. The molecule has 1 saturated heterocycles. The van der Waals surface area contributed by atoms with Crippen LogP contribution in [0.3, 0.4) is 0 Å². The van der Waals surface area contributed by atoms with Crippen LogP contribution in [0.25, 0.3) is 0 Å². The molecule has 0 saturated carbocycles. The Morgan fingerprint density at radius 1 is 1.27 bits per heavy atom. The Kier molecular flexibility index (Phi) is 4.52. The van der Waals surface area contributed by atoms with E-state index in [9.17, 15) is 4.39 Å². The van der Waals surface area contributed by atoms with Crippen molar-refractivity contribution in [3.05, 3.63) is 47.4 Å². The van der Waals surface area contributed by atoms with E-state index in [0.29, 0.717) is 17.9 Å². The molecular weight excluding hydrogens is 281 g/mol. The highest BCUT2D eigenvalue weighted by molar-refractivity contribution is 5.20. The van der Waals surface area contributed by atoms with Gasteiger partial charge in [0.2, 0.25) is 5.89 Å². The largest absolute Gasteiger partial charge is 0.340 e. The van der Waals surface area contributed by atoms with Crippen molar-refractivity contribution in [1.29, 1.82) is 0 Å². The van der Waals surface area contributed by atoms with Crippen molar-refractivity contribution in [3.63, 3.8) is 0 Å². The molecule has 22 heavy (non-hydrogen) atoms. The number of nitrogens with zero attached hydrogens (tertiary/aromatic N) is 3. The highest BCUT2D eigenvalue weighted by Gasteiger charge is 2.28. The third-order valence-corrected chi connectivity index (χ3v) is 4.52. The lowest BCUT2D eigenvalue weighted by atomic mass is 9.93. The first kappa shape index (κ1) is 15.2. The zero-order valence-electron chi connectivity index (χ0n) is 13.1. The van der Waals surface area contributed by atoms with Crippen LogP contribution in [0.15, 0.2) is 28.8 Å². The normalized spacial score (nSPS) is 18.5. The van der Waals surface area contributed by atoms with Gasteiger partial charge in [0, 0.05) is 18.9 Å². The van der Waals surface area contributed by atoms with Gasteiger partial charge in [0.1, 0.15) is 5.82 Å². The summed E-state index contributed by atoms with van der Waals surface area (Å²) < 4.78 is 18.2. The maximum Gasteiger partial charge on any atom is 0.223 e. The topological polar surface area (TPSA) is 42.2 Å². The number of piperidine rings is 1. The van der Waals surface area contributed by atoms with Gasteiger partial charge in [-0.1, -0.05) is 24.2 Å². The molecule has 1 aromatic carbocycles. The highest BCUT2D eigenvalue weighted by Crippen LogP contribution is 2.32. The molecule has 118 valence electrons. The fraction of sp³-hybridized carbons (Fsp3) is 0.529. The second kappa shape index (κ2) is 6.57. The van der Waals surface area contributed by atoms with E-state index in [2.05, 4.69) is 22.0 Å². The number of benzene rings is 1. The molecular formula is C17H22FN3O. The Labute approximate surface area is 130 Å². The Bertz CT molecular complexity index is 603. The maximum atomic E-state index is 13.1. The molecule has 1 fully saturated rings. The summed E-state index contributed by atoms with van der Waals surface area (Å²) in [6, 6.07) is 7.25. The number of aryl methyl sites for hydroxylation is 1. The van der Waals surface area contributed by atoms with Gasteiger partial charge in [0.05, 0.1) is 0 Å². The molecule has 1 atom stereocenters. The van der Waals surface area contributed by atoms with Gasteiger partial charge in [0.15, 0.2) is 5.82 Å². The molecule has 0 spiro atoms. The SMILES string of the molecule is CC[C@@H](c1ccc(F)cc1)N1CCC(c2noc(C)n2)CC1. The van der Waals surface area contributed by atoms with Crippen LogP contribution in [-0.4, -0.2) is 28.1 Å². The van der Waals surface area contributed by atoms with Crippen LogP contribution in [0.5, 0.6) is 0 Å². The van der Waals surface area contributed by atoms with Crippen molar-refractivity contribution in [2.24, 2.45) is 0 Å². The molecule has 1 aliphatic rings. The highest BCUT2D eigenvalue weighted by atomic mass is 19.1. The van der Waals surface area contributed by atoms with Gasteiger partial charge >= 0.3 is 0 Å². The molecule has 2 heterocycles. The summed E-state index contributed by atoms with van der Waals surface area (Å²) in [6.07, 6.45) is 3.10. The summed E-state index contributed by atoms with van der Waals surface area (Å²) in [7, 11) is 0. The van der Waals surface area contributed by atoms with Crippen LogP contribution in [0, 0.1) is 12.7 Å². The third-order valence-electron chi connectivity index (χ3n) is 4.52. The molecule has 0 unspecified atom stereocenters. The quantitative estimate of drug-likeness (QED) is 0.860. The number of aromatic nitrogens is 2. The van der Waals surface area contributed by atoms with Crippen LogP contribution in [-0.2, 0) is 0 Å². The van der Waals surface area contributed by atoms with Crippen molar-refractivity contribution < 1.29 is 8.91 Å². The number of rotatable bonds is 4. The molecule has 0 N–H and O–H groups in total. The van der Waals surface area contributed by atoms with E-state index in [0.717, 1.165) is 38.2 Å². The molecule has 3 rings (SSSR count). The lowest BCUT2D eigenvalue weighted by molar-refractivity contribution is 0.145. The van der Waals surface area contributed by atoms with Gasteiger partial charge in [-0.25, -0.2) is 4.39 Å². The molecule has 1 aromatic heterocycles. The summed E-state index contributed by atoms with van der Waals surface area (Å²) in [5.41, 5.74) is 1.19. The van der Waals surface area contributed by atoms with E-state index in [-0.39, 0.29) is 5.82 Å². The molecule has 0 amide bonds. The van der Waals surface area contributed by atoms with E-state index >= 15 is 0 Å². The van der Waals surface area contributed by atoms with E-state index in [1.807, 2.05) is 19.1 Å². The van der Waals surface area contributed by atoms with Crippen molar-refractivity contribution in [1.82, 2.24) is 15.0 Å². The summed E-state index contributed by atoms with van der Waals surface area (Å²) in [5.74, 6) is 1.69. The van der Waals surface area contributed by atoms with Gasteiger partial charge in [-0.3, -0.25) is 4.90 Å². The Balaban J connectivity index is 1.65. The fourth-order valence-electron chi connectivity index (χ4n) is 3.34. The van der Waals surface area contributed by atoms with E-state index < -0.39 is 0 Å². The Morgan fingerprint density at radius 2 is 1.95 bits per heavy atom. The van der Waals surface area contributed by atoms with Gasteiger partial charge in [-0.15, -0.1) is 0 Å². The first-order valence-electron chi connectivity index (χ1n) is 7.97. The molecule has 0 radical (unpaired) electrons. The first-order chi connectivity index (χ1) is 10.7. The summed E-state index contributed by atoms with van der Waals surface area (Å²) in [5, 5.41) is 4.05.